The molecule has 0 amide bonds. The molecule has 2 fully saturated rings. The van der Waals surface area contributed by atoms with E-state index in [0.29, 0.717) is 17.4 Å². The first-order valence-electron chi connectivity index (χ1n) is 7.49. The summed E-state index contributed by atoms with van der Waals surface area (Å²) in [6.45, 7) is 11.2. The van der Waals surface area contributed by atoms with Gasteiger partial charge in [-0.15, -0.1) is 0 Å². The van der Waals surface area contributed by atoms with Crippen LogP contribution in [0.1, 0.15) is 52.9 Å². The zero-order chi connectivity index (χ0) is 12.5. The summed E-state index contributed by atoms with van der Waals surface area (Å²) in [5, 5.41) is 0. The number of piperidine rings is 1. The highest BCUT2D eigenvalue weighted by molar-refractivity contribution is 4.94. The summed E-state index contributed by atoms with van der Waals surface area (Å²) in [4.78, 5) is 2.69. The Balaban J connectivity index is 1.95. The van der Waals surface area contributed by atoms with E-state index in [-0.39, 0.29) is 0 Å². The highest BCUT2D eigenvalue weighted by Crippen LogP contribution is 2.44. The molecule has 17 heavy (non-hydrogen) atoms. The number of likely N-dealkylation sites (tertiary alicyclic amines) is 1. The van der Waals surface area contributed by atoms with Gasteiger partial charge in [-0.2, -0.15) is 0 Å². The number of rotatable bonds is 2. The largest absolute Gasteiger partial charge is 0.327 e. The van der Waals surface area contributed by atoms with Gasteiger partial charge in [-0.05, 0) is 56.0 Å². The Morgan fingerprint density at radius 2 is 1.76 bits per heavy atom. The Kier molecular flexibility index (Phi) is 4.14. The maximum Gasteiger partial charge on any atom is 0.00698 e. The monoisotopic (exact) mass is 238 g/mol. The average molecular weight is 238 g/mol. The molecule has 0 radical (unpaired) electrons. The zero-order valence-electron chi connectivity index (χ0n) is 11.9. The van der Waals surface area contributed by atoms with Crippen LogP contribution < -0.4 is 5.73 Å². The maximum atomic E-state index is 6.24. The van der Waals surface area contributed by atoms with Gasteiger partial charge in [0.25, 0.3) is 0 Å². The molecule has 1 heterocycles. The van der Waals surface area contributed by atoms with Crippen LogP contribution in [-0.2, 0) is 0 Å². The summed E-state index contributed by atoms with van der Waals surface area (Å²) >= 11 is 0. The number of hydrogen-bond donors (Lipinski definition) is 1. The van der Waals surface area contributed by atoms with E-state index in [0.717, 1.165) is 5.92 Å². The Hall–Kier alpha value is -0.0800. The Morgan fingerprint density at radius 3 is 2.41 bits per heavy atom. The van der Waals surface area contributed by atoms with Crippen molar-refractivity contribution in [2.75, 3.05) is 19.6 Å². The van der Waals surface area contributed by atoms with E-state index in [9.17, 15) is 0 Å². The molecular formula is C15H30N2. The molecule has 0 aromatic rings. The lowest BCUT2D eigenvalue weighted by Crippen LogP contribution is -2.50. The number of hydrogen-bond acceptors (Lipinski definition) is 2. The van der Waals surface area contributed by atoms with Crippen LogP contribution in [-0.4, -0.2) is 30.6 Å². The van der Waals surface area contributed by atoms with E-state index in [1.807, 2.05) is 0 Å². The Morgan fingerprint density at radius 1 is 1.12 bits per heavy atom. The van der Waals surface area contributed by atoms with Crippen LogP contribution in [0.2, 0.25) is 0 Å². The van der Waals surface area contributed by atoms with Crippen molar-refractivity contribution in [2.45, 2.75) is 58.9 Å². The first kappa shape index (κ1) is 13.4. The fraction of sp³-hybridized carbons (Fsp3) is 1.00. The van der Waals surface area contributed by atoms with Gasteiger partial charge in [0.1, 0.15) is 0 Å². The quantitative estimate of drug-likeness (QED) is 0.801. The fourth-order valence-electron chi connectivity index (χ4n) is 3.72. The van der Waals surface area contributed by atoms with Crippen molar-refractivity contribution in [3.63, 3.8) is 0 Å². The molecule has 1 aliphatic carbocycles. The second-order valence-electron chi connectivity index (χ2n) is 6.91. The van der Waals surface area contributed by atoms with Crippen molar-refractivity contribution in [1.82, 2.24) is 4.90 Å². The topological polar surface area (TPSA) is 29.3 Å². The molecule has 0 spiro atoms. The maximum absolute atomic E-state index is 6.24. The summed E-state index contributed by atoms with van der Waals surface area (Å²) < 4.78 is 0. The number of nitrogens with two attached hydrogens (primary N) is 1. The molecular weight excluding hydrogens is 208 g/mol. The zero-order valence-corrected chi connectivity index (χ0v) is 11.9. The molecule has 100 valence electrons. The second-order valence-corrected chi connectivity index (χ2v) is 6.91. The molecule has 0 aromatic carbocycles. The molecule has 3 atom stereocenters. The van der Waals surface area contributed by atoms with Crippen LogP contribution in [0.15, 0.2) is 0 Å². The molecule has 2 N–H and O–H groups in total. The van der Waals surface area contributed by atoms with Gasteiger partial charge in [-0.3, -0.25) is 0 Å². The van der Waals surface area contributed by atoms with Gasteiger partial charge < -0.3 is 10.6 Å². The highest BCUT2D eigenvalue weighted by atomic mass is 15.1. The van der Waals surface area contributed by atoms with E-state index in [1.165, 1.54) is 51.7 Å². The summed E-state index contributed by atoms with van der Waals surface area (Å²) in [6.07, 6.45) is 6.80. The highest BCUT2D eigenvalue weighted by Gasteiger charge is 2.41. The van der Waals surface area contributed by atoms with Crippen molar-refractivity contribution < 1.29 is 0 Å². The minimum Gasteiger partial charge on any atom is -0.327 e. The lowest BCUT2D eigenvalue weighted by molar-refractivity contribution is 0.0247. The third-order valence-corrected chi connectivity index (χ3v) is 5.64. The predicted octanol–water partition coefficient (Wildman–Crippen LogP) is 2.87. The van der Waals surface area contributed by atoms with Crippen LogP contribution in [0, 0.1) is 17.3 Å². The molecule has 3 unspecified atom stereocenters. The predicted molar refractivity (Wildman–Crippen MR) is 73.9 cm³/mol. The Bertz CT molecular complexity index is 243. The van der Waals surface area contributed by atoms with Gasteiger partial charge in [0, 0.05) is 12.6 Å². The molecule has 1 aliphatic heterocycles. The smallest absolute Gasteiger partial charge is 0.00698 e. The molecule has 2 heteroatoms. The van der Waals surface area contributed by atoms with E-state index < -0.39 is 0 Å². The van der Waals surface area contributed by atoms with Crippen LogP contribution in [0.3, 0.4) is 0 Å². The normalized spacial score (nSPS) is 39.2. The first-order valence-corrected chi connectivity index (χ1v) is 7.49. The molecule has 0 aromatic heterocycles. The lowest BCUT2D eigenvalue weighted by atomic mass is 9.61. The van der Waals surface area contributed by atoms with E-state index in [4.69, 9.17) is 5.73 Å². The summed E-state index contributed by atoms with van der Waals surface area (Å²) in [7, 11) is 0. The molecule has 2 rings (SSSR count). The van der Waals surface area contributed by atoms with Crippen LogP contribution >= 0.6 is 0 Å². The minimum atomic E-state index is 0.412. The van der Waals surface area contributed by atoms with Gasteiger partial charge in [-0.1, -0.05) is 27.2 Å². The summed E-state index contributed by atoms with van der Waals surface area (Å²) in [5.41, 5.74) is 6.65. The van der Waals surface area contributed by atoms with Crippen molar-refractivity contribution in [1.29, 1.82) is 0 Å². The third-order valence-electron chi connectivity index (χ3n) is 5.64. The van der Waals surface area contributed by atoms with Gasteiger partial charge in [0.2, 0.25) is 0 Å². The minimum absolute atomic E-state index is 0.412. The Labute approximate surface area is 107 Å². The van der Waals surface area contributed by atoms with Gasteiger partial charge in [0.15, 0.2) is 0 Å². The van der Waals surface area contributed by atoms with E-state index in [2.05, 4.69) is 25.7 Å². The number of nitrogens with zero attached hydrogens (tertiary/aromatic N) is 1. The van der Waals surface area contributed by atoms with Gasteiger partial charge >= 0.3 is 0 Å². The lowest BCUT2D eigenvalue weighted by Gasteiger charge is -2.48. The molecule has 1 saturated carbocycles. The summed E-state index contributed by atoms with van der Waals surface area (Å²) in [5.74, 6) is 1.50. The van der Waals surface area contributed by atoms with Crippen molar-refractivity contribution >= 4 is 0 Å². The fourth-order valence-corrected chi connectivity index (χ4v) is 3.72. The van der Waals surface area contributed by atoms with Crippen LogP contribution in [0.25, 0.3) is 0 Å². The van der Waals surface area contributed by atoms with Crippen molar-refractivity contribution in [2.24, 2.45) is 23.0 Å². The SMILES string of the molecule is CC1C(N)CCC(CN2CCCCC2)C1(C)C. The molecule has 0 bridgehead atoms. The van der Waals surface area contributed by atoms with E-state index >= 15 is 0 Å². The standard InChI is InChI=1S/C15H30N2/c1-12-14(16)8-7-13(15(12,2)3)11-17-9-5-4-6-10-17/h12-14H,4-11,16H2,1-3H3. The molecule has 2 aliphatic rings. The first-order chi connectivity index (χ1) is 8.01. The van der Waals surface area contributed by atoms with Gasteiger partial charge in [0.05, 0.1) is 0 Å². The van der Waals surface area contributed by atoms with Crippen molar-refractivity contribution in [3.05, 3.63) is 0 Å². The average Bonchev–Trinajstić information content (AvgIpc) is 2.32. The third kappa shape index (κ3) is 2.85. The molecule has 1 saturated heterocycles. The van der Waals surface area contributed by atoms with Crippen LogP contribution in [0.5, 0.6) is 0 Å². The van der Waals surface area contributed by atoms with E-state index in [1.54, 1.807) is 0 Å². The van der Waals surface area contributed by atoms with Gasteiger partial charge in [-0.25, -0.2) is 0 Å². The molecule has 2 nitrogen and oxygen atoms in total. The van der Waals surface area contributed by atoms with Crippen molar-refractivity contribution in [3.8, 4) is 0 Å². The van der Waals surface area contributed by atoms with Crippen LogP contribution in [0.4, 0.5) is 0 Å². The summed E-state index contributed by atoms with van der Waals surface area (Å²) in [6, 6.07) is 0.419. The second kappa shape index (κ2) is 5.27.